The van der Waals surface area contributed by atoms with Gasteiger partial charge in [-0.2, -0.15) is 0 Å². The maximum Gasteiger partial charge on any atom is 0.224 e. The van der Waals surface area contributed by atoms with Gasteiger partial charge in [-0.25, -0.2) is 0 Å². The number of unbranched alkanes of at least 4 members (excludes halogenated alkanes) is 1. The Morgan fingerprint density at radius 3 is 2.66 bits per heavy atom. The molecule has 2 heterocycles. The lowest BCUT2D eigenvalue weighted by molar-refractivity contribution is -0.138. The number of aromatic nitrogens is 1. The van der Waals surface area contributed by atoms with Gasteiger partial charge in [-0.05, 0) is 56.2 Å². The van der Waals surface area contributed by atoms with Gasteiger partial charge >= 0.3 is 0 Å². The SMILES string of the molecule is O=C(NCCCCc1ccccn1)C1CCC(=O)N(CCCc2ccccc2)C1. The van der Waals surface area contributed by atoms with Crippen LogP contribution in [0.5, 0.6) is 0 Å². The lowest BCUT2D eigenvalue weighted by Gasteiger charge is -2.32. The second-order valence-corrected chi connectivity index (χ2v) is 7.73. The zero-order chi connectivity index (χ0) is 20.3. The Hall–Kier alpha value is -2.69. The number of pyridine rings is 1. The molecule has 2 aromatic rings. The van der Waals surface area contributed by atoms with Crippen LogP contribution in [0.15, 0.2) is 54.7 Å². The van der Waals surface area contributed by atoms with Gasteiger partial charge in [-0.3, -0.25) is 14.6 Å². The second-order valence-electron chi connectivity index (χ2n) is 7.73. The van der Waals surface area contributed by atoms with Crippen molar-refractivity contribution >= 4 is 11.8 Å². The molecule has 1 aliphatic heterocycles. The van der Waals surface area contributed by atoms with Gasteiger partial charge < -0.3 is 10.2 Å². The van der Waals surface area contributed by atoms with Crippen LogP contribution < -0.4 is 5.32 Å². The number of rotatable bonds is 10. The maximum atomic E-state index is 12.5. The van der Waals surface area contributed by atoms with Gasteiger partial charge in [0, 0.05) is 37.9 Å². The summed E-state index contributed by atoms with van der Waals surface area (Å²) < 4.78 is 0. The number of benzene rings is 1. The van der Waals surface area contributed by atoms with Gasteiger partial charge in [0.2, 0.25) is 11.8 Å². The number of hydrogen-bond donors (Lipinski definition) is 1. The quantitative estimate of drug-likeness (QED) is 0.630. The van der Waals surface area contributed by atoms with Crippen LogP contribution in [-0.4, -0.2) is 41.3 Å². The van der Waals surface area contributed by atoms with Crippen molar-refractivity contribution in [2.45, 2.75) is 44.9 Å². The molecule has 1 unspecified atom stereocenters. The average Bonchev–Trinajstić information content (AvgIpc) is 2.76. The minimum atomic E-state index is -0.0831. The minimum absolute atomic E-state index is 0.0831. The number of amides is 2. The van der Waals surface area contributed by atoms with Crippen LogP contribution >= 0.6 is 0 Å². The monoisotopic (exact) mass is 393 g/mol. The summed E-state index contributed by atoms with van der Waals surface area (Å²) in [5.74, 6) is 0.182. The molecule has 0 aliphatic carbocycles. The molecule has 1 aromatic heterocycles. The van der Waals surface area contributed by atoms with Gasteiger partial charge in [0.15, 0.2) is 0 Å². The van der Waals surface area contributed by atoms with E-state index in [9.17, 15) is 9.59 Å². The van der Waals surface area contributed by atoms with Crippen LogP contribution in [0.25, 0.3) is 0 Å². The molecule has 1 atom stereocenters. The molecular weight excluding hydrogens is 362 g/mol. The van der Waals surface area contributed by atoms with Gasteiger partial charge in [0.1, 0.15) is 0 Å². The predicted molar refractivity (Wildman–Crippen MR) is 114 cm³/mol. The summed E-state index contributed by atoms with van der Waals surface area (Å²) >= 11 is 0. The van der Waals surface area contributed by atoms with Crippen molar-refractivity contribution in [1.82, 2.24) is 15.2 Å². The van der Waals surface area contributed by atoms with E-state index in [0.29, 0.717) is 25.9 Å². The van der Waals surface area contributed by atoms with Crippen LogP contribution in [0.4, 0.5) is 0 Å². The van der Waals surface area contributed by atoms with E-state index < -0.39 is 0 Å². The van der Waals surface area contributed by atoms with Gasteiger partial charge in [0.25, 0.3) is 0 Å². The van der Waals surface area contributed by atoms with Crippen LogP contribution in [0.3, 0.4) is 0 Å². The van der Waals surface area contributed by atoms with Crippen molar-refractivity contribution in [1.29, 1.82) is 0 Å². The first-order valence-electron chi connectivity index (χ1n) is 10.7. The minimum Gasteiger partial charge on any atom is -0.356 e. The predicted octanol–water partition coefficient (Wildman–Crippen LogP) is 3.39. The number of carbonyl (C=O) groups excluding carboxylic acids is 2. The highest BCUT2D eigenvalue weighted by Gasteiger charge is 2.29. The third-order valence-electron chi connectivity index (χ3n) is 5.49. The fourth-order valence-electron chi connectivity index (χ4n) is 3.80. The summed E-state index contributed by atoms with van der Waals surface area (Å²) in [6.45, 7) is 1.96. The molecule has 29 heavy (non-hydrogen) atoms. The van der Waals surface area contributed by atoms with E-state index in [4.69, 9.17) is 0 Å². The maximum absolute atomic E-state index is 12.5. The van der Waals surface area contributed by atoms with E-state index >= 15 is 0 Å². The first-order valence-corrected chi connectivity index (χ1v) is 10.7. The third kappa shape index (κ3) is 7.00. The van der Waals surface area contributed by atoms with Crippen molar-refractivity contribution in [3.8, 4) is 0 Å². The summed E-state index contributed by atoms with van der Waals surface area (Å²) in [5, 5.41) is 3.06. The molecule has 2 amide bonds. The lowest BCUT2D eigenvalue weighted by atomic mass is 9.96. The first kappa shape index (κ1) is 21.0. The molecule has 1 fully saturated rings. The Morgan fingerprint density at radius 1 is 1.03 bits per heavy atom. The van der Waals surface area contributed by atoms with E-state index in [1.807, 2.05) is 47.5 Å². The molecule has 154 valence electrons. The highest BCUT2D eigenvalue weighted by molar-refractivity contribution is 5.83. The molecule has 1 aromatic carbocycles. The average molecular weight is 394 g/mol. The third-order valence-corrected chi connectivity index (χ3v) is 5.49. The normalized spacial score (nSPS) is 16.6. The number of hydrogen-bond acceptors (Lipinski definition) is 3. The summed E-state index contributed by atoms with van der Waals surface area (Å²) in [4.78, 5) is 30.9. The number of carbonyl (C=O) groups is 2. The number of aryl methyl sites for hydroxylation is 2. The van der Waals surface area contributed by atoms with E-state index in [1.165, 1.54) is 5.56 Å². The second kappa shape index (κ2) is 11.3. The van der Waals surface area contributed by atoms with E-state index in [-0.39, 0.29) is 17.7 Å². The number of likely N-dealkylation sites (tertiary alicyclic amines) is 1. The van der Waals surface area contributed by atoms with E-state index in [0.717, 1.165) is 44.3 Å². The molecule has 1 aliphatic rings. The summed E-state index contributed by atoms with van der Waals surface area (Å²) in [5.41, 5.74) is 2.38. The molecule has 0 spiro atoms. The molecule has 5 heteroatoms. The van der Waals surface area contributed by atoms with Gasteiger partial charge in [0.05, 0.1) is 5.92 Å². The van der Waals surface area contributed by atoms with Crippen molar-refractivity contribution < 1.29 is 9.59 Å². The highest BCUT2D eigenvalue weighted by Crippen LogP contribution is 2.18. The number of nitrogens with one attached hydrogen (secondary N) is 1. The van der Waals surface area contributed by atoms with Gasteiger partial charge in [-0.1, -0.05) is 36.4 Å². The molecular formula is C24H31N3O2. The van der Waals surface area contributed by atoms with Crippen molar-refractivity contribution in [3.05, 3.63) is 66.0 Å². The molecule has 0 saturated carbocycles. The molecule has 0 radical (unpaired) electrons. The Bertz CT molecular complexity index is 764. The molecule has 1 saturated heterocycles. The molecule has 0 bridgehead atoms. The smallest absolute Gasteiger partial charge is 0.224 e. The van der Waals surface area contributed by atoms with E-state index in [1.54, 1.807) is 0 Å². The van der Waals surface area contributed by atoms with Crippen molar-refractivity contribution in [2.75, 3.05) is 19.6 Å². The van der Waals surface area contributed by atoms with Crippen molar-refractivity contribution in [2.24, 2.45) is 5.92 Å². The topological polar surface area (TPSA) is 62.3 Å². The Balaban J connectivity index is 1.34. The largest absolute Gasteiger partial charge is 0.356 e. The van der Waals surface area contributed by atoms with E-state index in [2.05, 4.69) is 22.4 Å². The lowest BCUT2D eigenvalue weighted by Crippen LogP contribution is -2.46. The summed E-state index contributed by atoms with van der Waals surface area (Å²) in [6, 6.07) is 16.3. The highest BCUT2D eigenvalue weighted by atomic mass is 16.2. The zero-order valence-electron chi connectivity index (χ0n) is 17.1. The number of piperidine rings is 1. The first-order chi connectivity index (χ1) is 14.2. The Morgan fingerprint density at radius 2 is 1.86 bits per heavy atom. The Labute approximate surface area is 173 Å². The molecule has 3 rings (SSSR count). The van der Waals surface area contributed by atoms with Crippen LogP contribution in [0.2, 0.25) is 0 Å². The fraction of sp³-hybridized carbons (Fsp3) is 0.458. The number of nitrogens with zero attached hydrogens (tertiary/aromatic N) is 2. The standard InChI is InChI=1S/C24H31N3O2/c28-23-15-14-21(19-27(23)18-8-11-20-9-2-1-3-10-20)24(29)26-17-7-5-13-22-12-4-6-16-25-22/h1-4,6,9-10,12,16,21H,5,7-8,11,13-15,17-19H2,(H,26,29). The van der Waals surface area contributed by atoms with Gasteiger partial charge in [-0.15, -0.1) is 0 Å². The molecule has 5 nitrogen and oxygen atoms in total. The van der Waals surface area contributed by atoms with Crippen molar-refractivity contribution in [3.63, 3.8) is 0 Å². The van der Waals surface area contributed by atoms with Crippen LogP contribution in [-0.2, 0) is 22.4 Å². The zero-order valence-corrected chi connectivity index (χ0v) is 17.1. The summed E-state index contributed by atoms with van der Waals surface area (Å²) in [6.07, 6.45) is 7.71. The Kier molecular flexibility index (Phi) is 8.23. The molecule has 1 N–H and O–H groups in total. The van der Waals surface area contributed by atoms with Crippen LogP contribution in [0, 0.1) is 5.92 Å². The van der Waals surface area contributed by atoms with Crippen LogP contribution in [0.1, 0.15) is 43.4 Å². The fourth-order valence-corrected chi connectivity index (χ4v) is 3.80. The summed E-state index contributed by atoms with van der Waals surface area (Å²) in [7, 11) is 0.